The van der Waals surface area contributed by atoms with Crippen molar-refractivity contribution in [3.8, 4) is 0 Å². The summed E-state index contributed by atoms with van der Waals surface area (Å²) in [4.78, 5) is 11.3. The molecule has 0 amide bonds. The highest BCUT2D eigenvalue weighted by molar-refractivity contribution is 5.90. The average Bonchev–Trinajstić information content (AvgIpc) is 2.18. The Kier molecular flexibility index (Phi) is 4.26. The van der Waals surface area contributed by atoms with E-state index in [1.807, 2.05) is 0 Å². The molecule has 5 heteroatoms. The molecule has 0 unspecified atom stereocenters. The van der Waals surface area contributed by atoms with Gasteiger partial charge in [0.05, 0.1) is 31.5 Å². The van der Waals surface area contributed by atoms with Gasteiger partial charge in [0.2, 0.25) is 0 Å². The predicted molar refractivity (Wildman–Crippen MR) is 51.9 cm³/mol. The maximum atomic E-state index is 11.3. The monoisotopic (exact) mass is 216 g/mol. The number of ether oxygens (including phenoxy) is 1. The van der Waals surface area contributed by atoms with Crippen molar-refractivity contribution < 1.29 is 24.9 Å². The molecule has 0 aromatic carbocycles. The molecule has 0 bridgehead atoms. The van der Waals surface area contributed by atoms with E-state index in [1.54, 1.807) is 6.92 Å². The van der Waals surface area contributed by atoms with E-state index in [-0.39, 0.29) is 18.8 Å². The third kappa shape index (κ3) is 2.56. The Balaban J connectivity index is 3.01. The number of esters is 1. The first-order valence-electron chi connectivity index (χ1n) is 4.90. The molecule has 0 fully saturated rings. The average molecular weight is 216 g/mol. The summed E-state index contributed by atoms with van der Waals surface area (Å²) < 4.78 is 4.77. The van der Waals surface area contributed by atoms with Crippen LogP contribution in [0, 0.1) is 5.92 Å². The van der Waals surface area contributed by atoms with Crippen molar-refractivity contribution in [3.05, 3.63) is 11.1 Å². The lowest BCUT2D eigenvalue weighted by Crippen LogP contribution is -2.30. The molecule has 0 aromatic heterocycles. The van der Waals surface area contributed by atoms with Crippen LogP contribution in [0.15, 0.2) is 11.1 Å². The lowest BCUT2D eigenvalue weighted by Gasteiger charge is -2.26. The topological polar surface area (TPSA) is 87.0 Å². The van der Waals surface area contributed by atoms with Crippen LogP contribution >= 0.6 is 0 Å². The smallest absolute Gasteiger partial charge is 0.336 e. The lowest BCUT2D eigenvalue weighted by atomic mass is 9.87. The van der Waals surface area contributed by atoms with Gasteiger partial charge in [0.25, 0.3) is 0 Å². The Morgan fingerprint density at radius 1 is 1.47 bits per heavy atom. The van der Waals surface area contributed by atoms with E-state index in [0.717, 1.165) is 0 Å². The number of carbonyl (C=O) groups is 1. The van der Waals surface area contributed by atoms with Crippen LogP contribution in [0.4, 0.5) is 0 Å². The van der Waals surface area contributed by atoms with Gasteiger partial charge in [-0.25, -0.2) is 4.79 Å². The molecule has 1 aliphatic heterocycles. The number of cyclic esters (lactones) is 1. The highest BCUT2D eigenvalue weighted by Crippen LogP contribution is 2.26. The molecule has 1 heterocycles. The van der Waals surface area contributed by atoms with E-state index in [4.69, 9.17) is 14.9 Å². The number of rotatable bonds is 4. The van der Waals surface area contributed by atoms with E-state index in [0.29, 0.717) is 12.0 Å². The molecule has 0 saturated carbocycles. The second-order valence-electron chi connectivity index (χ2n) is 3.58. The van der Waals surface area contributed by atoms with Crippen molar-refractivity contribution in [3.63, 3.8) is 0 Å². The van der Waals surface area contributed by atoms with Crippen LogP contribution in [-0.2, 0) is 9.53 Å². The zero-order chi connectivity index (χ0) is 11.4. The van der Waals surface area contributed by atoms with Crippen molar-refractivity contribution in [2.24, 2.45) is 5.92 Å². The molecule has 5 nitrogen and oxygen atoms in total. The van der Waals surface area contributed by atoms with Gasteiger partial charge in [-0.3, -0.25) is 0 Å². The van der Waals surface area contributed by atoms with E-state index in [9.17, 15) is 9.90 Å². The van der Waals surface area contributed by atoms with Gasteiger partial charge in [0, 0.05) is 12.3 Å². The summed E-state index contributed by atoms with van der Waals surface area (Å²) in [6, 6.07) is 0. The third-order valence-corrected chi connectivity index (χ3v) is 2.62. The maximum Gasteiger partial charge on any atom is 0.336 e. The quantitative estimate of drug-likeness (QED) is 0.536. The lowest BCUT2D eigenvalue weighted by molar-refractivity contribution is -0.140. The van der Waals surface area contributed by atoms with Gasteiger partial charge >= 0.3 is 5.97 Å². The molecule has 86 valence electrons. The minimum absolute atomic E-state index is 0.168. The first-order chi connectivity index (χ1) is 7.11. The molecule has 1 aliphatic rings. The zero-order valence-corrected chi connectivity index (χ0v) is 8.64. The second kappa shape index (κ2) is 5.25. The molecule has 0 aliphatic carbocycles. The van der Waals surface area contributed by atoms with Crippen LogP contribution < -0.4 is 0 Å². The summed E-state index contributed by atoms with van der Waals surface area (Å²) in [5, 5.41) is 27.6. The summed E-state index contributed by atoms with van der Waals surface area (Å²) in [6.07, 6.45) is -0.296. The fourth-order valence-corrected chi connectivity index (χ4v) is 1.75. The summed E-state index contributed by atoms with van der Waals surface area (Å²) in [5.41, 5.74) is 0.771. The Bertz CT molecular complexity index is 269. The third-order valence-electron chi connectivity index (χ3n) is 2.62. The first-order valence-corrected chi connectivity index (χ1v) is 4.90. The molecule has 2 atom stereocenters. The van der Waals surface area contributed by atoms with Gasteiger partial charge in [-0.2, -0.15) is 0 Å². The molecule has 0 aromatic rings. The van der Waals surface area contributed by atoms with Crippen LogP contribution in [-0.4, -0.2) is 47.2 Å². The van der Waals surface area contributed by atoms with Gasteiger partial charge in [0.15, 0.2) is 0 Å². The predicted octanol–water partition coefficient (Wildman–Crippen LogP) is -0.789. The van der Waals surface area contributed by atoms with Gasteiger partial charge in [-0.15, -0.1) is 0 Å². The van der Waals surface area contributed by atoms with Crippen molar-refractivity contribution in [1.29, 1.82) is 0 Å². The SMILES string of the molecule is C[C@H](O)[C@@H](CO)C1=C(CO)C(=O)OCC1. The van der Waals surface area contributed by atoms with Gasteiger partial charge in [-0.1, -0.05) is 0 Å². The molecule has 0 saturated heterocycles. The van der Waals surface area contributed by atoms with Gasteiger partial charge in [-0.05, 0) is 12.5 Å². The Morgan fingerprint density at radius 2 is 2.13 bits per heavy atom. The number of carbonyl (C=O) groups excluding carboxylic acids is 1. The van der Waals surface area contributed by atoms with Crippen LogP contribution in [0.5, 0.6) is 0 Å². The maximum absolute atomic E-state index is 11.3. The van der Waals surface area contributed by atoms with Gasteiger partial charge in [0.1, 0.15) is 0 Å². The molecule has 15 heavy (non-hydrogen) atoms. The fourth-order valence-electron chi connectivity index (χ4n) is 1.75. The molecule has 0 radical (unpaired) electrons. The Labute approximate surface area is 88.0 Å². The number of aliphatic hydroxyl groups excluding tert-OH is 3. The van der Waals surface area contributed by atoms with E-state index >= 15 is 0 Å². The van der Waals surface area contributed by atoms with Crippen molar-refractivity contribution >= 4 is 5.97 Å². The summed E-state index contributed by atoms with van der Waals surface area (Å²) in [6.45, 7) is 1.12. The molecule has 0 spiro atoms. The van der Waals surface area contributed by atoms with E-state index in [2.05, 4.69) is 0 Å². The van der Waals surface area contributed by atoms with Crippen molar-refractivity contribution in [2.75, 3.05) is 19.8 Å². The van der Waals surface area contributed by atoms with Crippen LogP contribution in [0.25, 0.3) is 0 Å². The molecule has 1 rings (SSSR count). The number of hydrogen-bond acceptors (Lipinski definition) is 5. The standard InChI is InChI=1S/C10H16O5/c1-6(13)8(4-11)7-2-3-15-10(14)9(7)5-12/h6,8,11-13H,2-5H2,1H3/t6-,8+/m0/s1. The largest absolute Gasteiger partial charge is 0.462 e. The van der Waals surface area contributed by atoms with Crippen molar-refractivity contribution in [1.82, 2.24) is 0 Å². The van der Waals surface area contributed by atoms with E-state index < -0.39 is 24.6 Å². The minimum Gasteiger partial charge on any atom is -0.462 e. The van der Waals surface area contributed by atoms with Crippen LogP contribution in [0.3, 0.4) is 0 Å². The molecular formula is C10H16O5. The van der Waals surface area contributed by atoms with Gasteiger partial charge < -0.3 is 20.1 Å². The molecule has 3 N–H and O–H groups in total. The normalized spacial score (nSPS) is 21.2. The minimum atomic E-state index is -0.752. The van der Waals surface area contributed by atoms with Crippen LogP contribution in [0.1, 0.15) is 13.3 Å². The Morgan fingerprint density at radius 3 is 2.60 bits per heavy atom. The Hall–Kier alpha value is -0.910. The number of aliphatic hydroxyl groups is 3. The highest BCUT2D eigenvalue weighted by Gasteiger charge is 2.28. The summed E-state index contributed by atoms with van der Waals surface area (Å²) in [5.74, 6) is -1.06. The molecular weight excluding hydrogens is 200 g/mol. The van der Waals surface area contributed by atoms with E-state index in [1.165, 1.54) is 0 Å². The summed E-state index contributed by atoms with van der Waals surface area (Å²) in [7, 11) is 0. The van der Waals surface area contributed by atoms with Crippen molar-refractivity contribution in [2.45, 2.75) is 19.4 Å². The number of hydrogen-bond donors (Lipinski definition) is 3. The first kappa shape index (κ1) is 12.2. The second-order valence-corrected chi connectivity index (χ2v) is 3.58. The fraction of sp³-hybridized carbons (Fsp3) is 0.700. The summed E-state index contributed by atoms with van der Waals surface area (Å²) >= 11 is 0. The zero-order valence-electron chi connectivity index (χ0n) is 8.64. The highest BCUT2D eigenvalue weighted by atomic mass is 16.5. The van der Waals surface area contributed by atoms with Crippen LogP contribution in [0.2, 0.25) is 0 Å².